The molecule has 0 atom stereocenters. The summed E-state index contributed by atoms with van der Waals surface area (Å²) in [5, 5.41) is 8.06. The Morgan fingerprint density at radius 3 is 2.43 bits per heavy atom. The maximum atomic E-state index is 8.06. The van der Waals surface area contributed by atoms with Crippen LogP contribution in [0, 0.1) is 10.8 Å². The molecule has 1 N–H and O–H groups in total. The van der Waals surface area contributed by atoms with Crippen molar-refractivity contribution in [2.24, 2.45) is 5.41 Å². The summed E-state index contributed by atoms with van der Waals surface area (Å²) in [6.07, 6.45) is 3.62. The number of hydrogen-bond acceptors (Lipinski definition) is 2. The van der Waals surface area contributed by atoms with Crippen LogP contribution in [-0.2, 0) is 0 Å². The predicted molar refractivity (Wildman–Crippen MR) is 58.9 cm³/mol. The molecule has 3 nitrogen and oxygen atoms in total. The first-order valence-electron chi connectivity index (χ1n) is 4.96. The minimum Gasteiger partial charge on any atom is -0.291 e. The van der Waals surface area contributed by atoms with Crippen LogP contribution in [0.2, 0.25) is 0 Å². The Kier molecular flexibility index (Phi) is 2.79. The molecule has 0 bridgehead atoms. The van der Waals surface area contributed by atoms with Gasteiger partial charge in [0.25, 0.3) is 0 Å². The van der Waals surface area contributed by atoms with Crippen molar-refractivity contribution in [3.05, 3.63) is 18.2 Å². The van der Waals surface area contributed by atoms with Gasteiger partial charge in [-0.1, -0.05) is 34.6 Å². The highest BCUT2D eigenvalue weighted by molar-refractivity contribution is 5.86. The lowest BCUT2D eigenvalue weighted by molar-refractivity contribution is 0.559. The fourth-order valence-corrected chi connectivity index (χ4v) is 1.29. The Hall–Kier alpha value is -1.12. The maximum Gasteiger partial charge on any atom is 0.116 e. The van der Waals surface area contributed by atoms with Crippen LogP contribution in [-0.4, -0.2) is 15.4 Å². The molecule has 0 fully saturated rings. The molecular weight excluding hydrogens is 174 g/mol. The van der Waals surface area contributed by atoms with Crippen LogP contribution in [0.5, 0.6) is 0 Å². The van der Waals surface area contributed by atoms with Crippen LogP contribution in [0.25, 0.3) is 0 Å². The SMILES string of the molecule is CC(C)c1nccn1C(=N)C(C)(C)C. The third-order valence-electron chi connectivity index (χ3n) is 2.14. The average molecular weight is 193 g/mol. The Morgan fingerprint density at radius 1 is 1.43 bits per heavy atom. The molecular formula is C11H19N3. The predicted octanol–water partition coefficient (Wildman–Crippen LogP) is 2.88. The second-order valence-corrected chi connectivity index (χ2v) is 4.91. The van der Waals surface area contributed by atoms with Gasteiger partial charge in [-0.05, 0) is 0 Å². The topological polar surface area (TPSA) is 41.7 Å². The van der Waals surface area contributed by atoms with Gasteiger partial charge in [0.15, 0.2) is 0 Å². The van der Waals surface area contributed by atoms with Crippen molar-refractivity contribution in [1.29, 1.82) is 5.41 Å². The zero-order valence-corrected chi connectivity index (χ0v) is 9.63. The summed E-state index contributed by atoms with van der Waals surface area (Å²) in [5.74, 6) is 1.91. The summed E-state index contributed by atoms with van der Waals surface area (Å²) in [6.45, 7) is 10.3. The van der Waals surface area contributed by atoms with Gasteiger partial charge in [-0.25, -0.2) is 4.98 Å². The summed E-state index contributed by atoms with van der Waals surface area (Å²) in [5.41, 5.74) is -0.135. The van der Waals surface area contributed by atoms with Crippen molar-refractivity contribution >= 4 is 5.84 Å². The molecule has 78 valence electrons. The molecule has 0 aliphatic heterocycles. The van der Waals surface area contributed by atoms with Crippen molar-refractivity contribution in [3.63, 3.8) is 0 Å². The lowest BCUT2D eigenvalue weighted by atomic mass is 9.94. The number of hydrogen-bond donors (Lipinski definition) is 1. The monoisotopic (exact) mass is 193 g/mol. The van der Waals surface area contributed by atoms with E-state index in [1.165, 1.54) is 0 Å². The molecule has 0 amide bonds. The number of nitrogens with zero attached hydrogens (tertiary/aromatic N) is 2. The zero-order chi connectivity index (χ0) is 10.9. The molecule has 0 saturated heterocycles. The average Bonchev–Trinajstić information content (AvgIpc) is 2.48. The standard InChI is InChI=1S/C11H19N3/c1-8(2)9-13-6-7-14(9)10(12)11(3,4)5/h6-8,12H,1-5H3. The van der Waals surface area contributed by atoms with E-state index in [2.05, 4.69) is 18.8 Å². The molecule has 0 aliphatic rings. The van der Waals surface area contributed by atoms with Gasteiger partial charge in [0, 0.05) is 23.7 Å². The normalized spacial score (nSPS) is 12.1. The fourth-order valence-electron chi connectivity index (χ4n) is 1.29. The van der Waals surface area contributed by atoms with E-state index in [1.807, 2.05) is 31.5 Å². The molecule has 14 heavy (non-hydrogen) atoms. The highest BCUT2D eigenvalue weighted by atomic mass is 15.1. The van der Waals surface area contributed by atoms with E-state index in [0.29, 0.717) is 11.8 Å². The van der Waals surface area contributed by atoms with Gasteiger partial charge in [-0.3, -0.25) is 9.98 Å². The number of nitrogens with one attached hydrogen (secondary N) is 1. The van der Waals surface area contributed by atoms with E-state index in [0.717, 1.165) is 5.82 Å². The van der Waals surface area contributed by atoms with E-state index < -0.39 is 0 Å². The molecule has 0 unspecified atom stereocenters. The summed E-state index contributed by atoms with van der Waals surface area (Å²) in [4.78, 5) is 4.27. The third kappa shape index (κ3) is 2.03. The number of aromatic nitrogens is 2. The van der Waals surface area contributed by atoms with Gasteiger partial charge < -0.3 is 0 Å². The summed E-state index contributed by atoms with van der Waals surface area (Å²) in [7, 11) is 0. The van der Waals surface area contributed by atoms with Gasteiger partial charge in [0.05, 0.1) is 0 Å². The Morgan fingerprint density at radius 2 is 2.00 bits per heavy atom. The fraction of sp³-hybridized carbons (Fsp3) is 0.636. The first-order valence-corrected chi connectivity index (χ1v) is 4.96. The molecule has 1 heterocycles. The molecule has 3 heteroatoms. The molecule has 1 rings (SSSR count). The molecule has 1 aromatic rings. The van der Waals surface area contributed by atoms with Crippen LogP contribution in [0.4, 0.5) is 0 Å². The lowest BCUT2D eigenvalue weighted by Crippen LogP contribution is -2.28. The van der Waals surface area contributed by atoms with Crippen molar-refractivity contribution in [2.45, 2.75) is 40.5 Å². The van der Waals surface area contributed by atoms with E-state index >= 15 is 0 Å². The van der Waals surface area contributed by atoms with Crippen molar-refractivity contribution in [3.8, 4) is 0 Å². The van der Waals surface area contributed by atoms with E-state index in [9.17, 15) is 0 Å². The van der Waals surface area contributed by atoms with E-state index in [-0.39, 0.29) is 5.41 Å². The highest BCUT2D eigenvalue weighted by Crippen LogP contribution is 2.20. The summed E-state index contributed by atoms with van der Waals surface area (Å²) < 4.78 is 1.88. The van der Waals surface area contributed by atoms with Crippen LogP contribution < -0.4 is 0 Å². The smallest absolute Gasteiger partial charge is 0.116 e. The Balaban J connectivity index is 3.08. The Labute approximate surface area is 85.7 Å². The second-order valence-electron chi connectivity index (χ2n) is 4.91. The third-order valence-corrected chi connectivity index (χ3v) is 2.14. The van der Waals surface area contributed by atoms with Crippen molar-refractivity contribution in [2.75, 3.05) is 0 Å². The number of rotatable bonds is 1. The lowest BCUT2D eigenvalue weighted by Gasteiger charge is -2.22. The minimum atomic E-state index is -0.135. The summed E-state index contributed by atoms with van der Waals surface area (Å²) in [6, 6.07) is 0. The van der Waals surface area contributed by atoms with E-state index in [1.54, 1.807) is 6.20 Å². The first-order chi connectivity index (χ1) is 6.34. The highest BCUT2D eigenvalue weighted by Gasteiger charge is 2.21. The number of imidazole rings is 1. The summed E-state index contributed by atoms with van der Waals surface area (Å²) >= 11 is 0. The van der Waals surface area contributed by atoms with Crippen molar-refractivity contribution < 1.29 is 0 Å². The van der Waals surface area contributed by atoms with Gasteiger partial charge in [-0.2, -0.15) is 0 Å². The Bertz CT molecular complexity index is 329. The molecule has 0 aromatic carbocycles. The van der Waals surface area contributed by atoms with Crippen LogP contribution in [0.1, 0.15) is 46.4 Å². The first kappa shape index (κ1) is 11.0. The zero-order valence-electron chi connectivity index (χ0n) is 9.63. The molecule has 1 aromatic heterocycles. The quantitative estimate of drug-likeness (QED) is 0.540. The largest absolute Gasteiger partial charge is 0.291 e. The van der Waals surface area contributed by atoms with Gasteiger partial charge in [0.2, 0.25) is 0 Å². The van der Waals surface area contributed by atoms with Crippen LogP contribution >= 0.6 is 0 Å². The van der Waals surface area contributed by atoms with E-state index in [4.69, 9.17) is 5.41 Å². The van der Waals surface area contributed by atoms with Gasteiger partial charge in [0.1, 0.15) is 11.7 Å². The molecule has 0 radical (unpaired) electrons. The van der Waals surface area contributed by atoms with Gasteiger partial charge >= 0.3 is 0 Å². The van der Waals surface area contributed by atoms with Gasteiger partial charge in [-0.15, -0.1) is 0 Å². The maximum absolute atomic E-state index is 8.06. The molecule has 0 aliphatic carbocycles. The van der Waals surface area contributed by atoms with Crippen LogP contribution in [0.15, 0.2) is 12.4 Å². The minimum absolute atomic E-state index is 0.135. The van der Waals surface area contributed by atoms with Crippen LogP contribution in [0.3, 0.4) is 0 Å². The second kappa shape index (κ2) is 3.56. The molecule has 0 spiro atoms. The van der Waals surface area contributed by atoms with Crippen molar-refractivity contribution in [1.82, 2.24) is 9.55 Å². The molecule has 0 saturated carbocycles.